The molecule has 1 aromatic carbocycles. The number of para-hydroxylation sites is 2. The molecule has 3 N–H and O–H groups in total. The van der Waals surface area contributed by atoms with Crippen molar-refractivity contribution in [1.82, 2.24) is 0 Å². The molecular weight excluding hydrogens is 304 g/mol. The summed E-state index contributed by atoms with van der Waals surface area (Å²) >= 11 is 0. The smallest absolute Gasteiger partial charge is 0.282 e. The van der Waals surface area contributed by atoms with Crippen molar-refractivity contribution in [1.29, 1.82) is 0 Å². The van der Waals surface area contributed by atoms with Gasteiger partial charge in [0.25, 0.3) is 5.91 Å². The van der Waals surface area contributed by atoms with Crippen LogP contribution in [0.4, 0.5) is 5.69 Å². The van der Waals surface area contributed by atoms with Gasteiger partial charge in [0.2, 0.25) is 0 Å². The summed E-state index contributed by atoms with van der Waals surface area (Å²) in [6, 6.07) is 6.80. The molecule has 2 rings (SSSR count). The van der Waals surface area contributed by atoms with Crippen LogP contribution in [0.15, 0.2) is 24.3 Å². The van der Waals surface area contributed by atoms with Crippen molar-refractivity contribution in [3.63, 3.8) is 0 Å². The van der Waals surface area contributed by atoms with Crippen molar-refractivity contribution < 1.29 is 23.3 Å². The van der Waals surface area contributed by atoms with Crippen molar-refractivity contribution in [2.24, 2.45) is 0 Å². The van der Waals surface area contributed by atoms with E-state index in [2.05, 4.69) is 5.32 Å². The van der Waals surface area contributed by atoms with Gasteiger partial charge in [-0.2, -0.15) is 0 Å². The first-order valence-corrected chi connectivity index (χ1v) is 9.07. The Bertz CT molecular complexity index is 659. The zero-order valence-corrected chi connectivity index (χ0v) is 13.9. The van der Waals surface area contributed by atoms with Crippen molar-refractivity contribution in [3.05, 3.63) is 24.3 Å². The number of amides is 1. The van der Waals surface area contributed by atoms with Gasteiger partial charge < -0.3 is 15.4 Å². The number of anilines is 1. The van der Waals surface area contributed by atoms with Crippen LogP contribution in [-0.2, 0) is 14.6 Å². The summed E-state index contributed by atoms with van der Waals surface area (Å²) < 4.78 is 28.5. The van der Waals surface area contributed by atoms with Crippen LogP contribution in [0.3, 0.4) is 0 Å². The number of rotatable bonds is 5. The molecule has 1 amide bonds. The highest BCUT2D eigenvalue weighted by Gasteiger charge is 2.43. The third-order valence-corrected chi connectivity index (χ3v) is 5.89. The van der Waals surface area contributed by atoms with E-state index >= 15 is 0 Å². The molecule has 1 aliphatic heterocycles. The van der Waals surface area contributed by atoms with Gasteiger partial charge in [-0.05, 0) is 26.0 Å². The lowest BCUT2D eigenvalue weighted by Gasteiger charge is -2.24. The topological polar surface area (TPSA) is 89.1 Å². The van der Waals surface area contributed by atoms with Crippen LogP contribution in [0.1, 0.15) is 20.3 Å². The van der Waals surface area contributed by atoms with E-state index in [1.165, 1.54) is 0 Å². The molecule has 0 radical (unpaired) electrons. The maximum atomic E-state index is 12.3. The molecule has 1 fully saturated rings. The molecule has 1 saturated heterocycles. The van der Waals surface area contributed by atoms with Gasteiger partial charge in [0.05, 0.1) is 18.6 Å². The van der Waals surface area contributed by atoms with Gasteiger partial charge in [-0.15, -0.1) is 0 Å². The third-order valence-electron chi connectivity index (χ3n) is 3.96. The Kier molecular flexibility index (Phi) is 4.77. The van der Waals surface area contributed by atoms with E-state index in [0.29, 0.717) is 17.9 Å². The summed E-state index contributed by atoms with van der Waals surface area (Å²) in [5.41, 5.74) is 0.176. The Morgan fingerprint density at radius 3 is 2.68 bits per heavy atom. The molecule has 6 nitrogen and oxygen atoms in total. The van der Waals surface area contributed by atoms with Crippen molar-refractivity contribution >= 4 is 21.4 Å². The highest BCUT2D eigenvalue weighted by Crippen LogP contribution is 2.23. The van der Waals surface area contributed by atoms with Gasteiger partial charge in [-0.25, -0.2) is 8.42 Å². The van der Waals surface area contributed by atoms with Crippen molar-refractivity contribution in [3.8, 4) is 5.75 Å². The van der Waals surface area contributed by atoms with Gasteiger partial charge >= 0.3 is 0 Å². The maximum Gasteiger partial charge on any atom is 0.282 e. The number of methoxy groups -OCH3 is 1. The highest BCUT2D eigenvalue weighted by molar-refractivity contribution is 7.91. The fourth-order valence-corrected chi connectivity index (χ4v) is 5.01. The first-order chi connectivity index (χ1) is 10.2. The molecule has 0 unspecified atom stereocenters. The lowest BCUT2D eigenvalue weighted by Crippen LogP contribution is -3.01. The molecule has 0 aromatic heterocycles. The average molecular weight is 327 g/mol. The fraction of sp³-hybridized carbons (Fsp3) is 0.533. The number of benzene rings is 1. The van der Waals surface area contributed by atoms with E-state index in [9.17, 15) is 13.2 Å². The van der Waals surface area contributed by atoms with E-state index in [0.717, 1.165) is 0 Å². The van der Waals surface area contributed by atoms with E-state index < -0.39 is 15.4 Å². The van der Waals surface area contributed by atoms with Gasteiger partial charge in [-0.1, -0.05) is 12.1 Å². The Morgan fingerprint density at radius 2 is 2.09 bits per heavy atom. The molecule has 1 heterocycles. The second kappa shape index (κ2) is 6.26. The summed E-state index contributed by atoms with van der Waals surface area (Å²) in [6.07, 6.45) is 0.571. The zero-order chi connectivity index (χ0) is 16.4. The average Bonchev–Trinajstić information content (AvgIpc) is 2.72. The monoisotopic (exact) mass is 327 g/mol. The van der Waals surface area contributed by atoms with Crippen LogP contribution in [0.5, 0.6) is 5.75 Å². The minimum atomic E-state index is -2.98. The number of hydrogen-bond acceptors (Lipinski definition) is 4. The molecule has 7 heteroatoms. The van der Waals surface area contributed by atoms with E-state index in [1.54, 1.807) is 26.2 Å². The van der Waals surface area contributed by atoms with E-state index in [-0.39, 0.29) is 23.5 Å². The summed E-state index contributed by atoms with van der Waals surface area (Å²) in [7, 11) is -1.43. The first kappa shape index (κ1) is 16.8. The minimum Gasteiger partial charge on any atom is -0.495 e. The largest absolute Gasteiger partial charge is 0.495 e. The van der Waals surface area contributed by atoms with Crippen LogP contribution in [-0.4, -0.2) is 44.5 Å². The Morgan fingerprint density at radius 1 is 1.41 bits per heavy atom. The number of nitrogens with two attached hydrogens (primary N) is 1. The SMILES string of the molecule is COc1ccccc1NC(=O)[C@@H](C)[NH2+][C@@]1(C)CCS(=O)(=O)C1. The zero-order valence-electron chi connectivity index (χ0n) is 13.1. The lowest BCUT2D eigenvalue weighted by atomic mass is 10.0. The number of ether oxygens (including phenoxy) is 1. The second-order valence-corrected chi connectivity index (χ2v) is 8.33. The summed E-state index contributed by atoms with van der Waals surface area (Å²) in [6.45, 7) is 3.67. The third kappa shape index (κ3) is 3.98. The molecular formula is C15H23N2O4S+. The summed E-state index contributed by atoms with van der Waals surface area (Å²) in [5.74, 6) is 0.736. The molecule has 1 aliphatic rings. The number of quaternary nitrogens is 1. The first-order valence-electron chi connectivity index (χ1n) is 7.25. The molecule has 22 heavy (non-hydrogen) atoms. The lowest BCUT2D eigenvalue weighted by molar-refractivity contribution is -0.734. The summed E-state index contributed by atoms with van der Waals surface area (Å²) in [4.78, 5) is 12.3. The fourth-order valence-electron chi connectivity index (χ4n) is 2.84. The second-order valence-electron chi connectivity index (χ2n) is 6.14. The standard InChI is InChI=1S/C15H22N2O4S/c1-11(17-15(2)8-9-22(19,20)10-15)14(18)16-12-6-4-5-7-13(12)21-3/h4-7,11,17H,8-10H2,1-3H3,(H,16,18)/p+1/t11-,15+/m1/s1. The van der Waals surface area contributed by atoms with Gasteiger partial charge in [0.15, 0.2) is 15.9 Å². The van der Waals surface area contributed by atoms with Crippen LogP contribution in [0.2, 0.25) is 0 Å². The van der Waals surface area contributed by atoms with Gasteiger partial charge in [0, 0.05) is 6.42 Å². The predicted octanol–water partition coefficient (Wildman–Crippen LogP) is 0.163. The molecule has 0 spiro atoms. The molecule has 0 saturated carbocycles. The van der Waals surface area contributed by atoms with Crippen LogP contribution in [0.25, 0.3) is 0 Å². The maximum absolute atomic E-state index is 12.3. The predicted molar refractivity (Wildman–Crippen MR) is 84.7 cm³/mol. The number of carbonyl (C=O) groups is 1. The van der Waals surface area contributed by atoms with Crippen LogP contribution >= 0.6 is 0 Å². The number of hydrogen-bond donors (Lipinski definition) is 2. The number of carbonyl (C=O) groups excluding carboxylic acids is 1. The van der Waals surface area contributed by atoms with Crippen LogP contribution < -0.4 is 15.4 Å². The van der Waals surface area contributed by atoms with Crippen molar-refractivity contribution in [2.45, 2.75) is 31.8 Å². The normalized spacial score (nSPS) is 24.7. The highest BCUT2D eigenvalue weighted by atomic mass is 32.2. The molecule has 122 valence electrons. The number of nitrogens with one attached hydrogen (secondary N) is 1. The Hall–Kier alpha value is -1.60. The quantitative estimate of drug-likeness (QED) is 0.806. The molecule has 0 bridgehead atoms. The van der Waals surface area contributed by atoms with Gasteiger partial charge in [-0.3, -0.25) is 4.79 Å². The van der Waals surface area contributed by atoms with E-state index in [1.807, 2.05) is 24.4 Å². The van der Waals surface area contributed by atoms with Crippen LogP contribution in [0, 0.1) is 0 Å². The Labute approximate surface area is 131 Å². The minimum absolute atomic E-state index is 0.117. The Balaban J connectivity index is 2.01. The molecule has 2 atom stereocenters. The number of sulfone groups is 1. The van der Waals surface area contributed by atoms with Gasteiger partial charge in [0.1, 0.15) is 17.0 Å². The molecule has 1 aromatic rings. The summed E-state index contributed by atoms with van der Waals surface area (Å²) in [5, 5.41) is 4.68. The molecule has 0 aliphatic carbocycles. The van der Waals surface area contributed by atoms with Crippen molar-refractivity contribution in [2.75, 3.05) is 23.9 Å². The van der Waals surface area contributed by atoms with E-state index in [4.69, 9.17) is 4.74 Å².